The van der Waals surface area contributed by atoms with Crippen molar-refractivity contribution in [3.8, 4) is 0 Å². The fourth-order valence-electron chi connectivity index (χ4n) is 4.44. The molecule has 2 heterocycles. The number of amides is 3. The van der Waals surface area contributed by atoms with Crippen LogP contribution in [0.2, 0.25) is 0 Å². The summed E-state index contributed by atoms with van der Waals surface area (Å²) in [7, 11) is 1.54. The molecule has 0 aliphatic carbocycles. The van der Waals surface area contributed by atoms with E-state index in [4.69, 9.17) is 0 Å². The van der Waals surface area contributed by atoms with Crippen molar-refractivity contribution in [1.82, 2.24) is 20.5 Å². The maximum atomic E-state index is 13.6. The predicted octanol–water partition coefficient (Wildman–Crippen LogP) is 2.27. The van der Waals surface area contributed by atoms with Gasteiger partial charge in [-0.15, -0.1) is 0 Å². The lowest BCUT2D eigenvalue weighted by Crippen LogP contribution is -2.56. The molecule has 182 valence electrons. The first-order valence-electron chi connectivity index (χ1n) is 11.7. The first-order chi connectivity index (χ1) is 16.3. The molecular weight excluding hydrogens is 448 g/mol. The van der Waals surface area contributed by atoms with Crippen LogP contribution in [0.15, 0.2) is 54.9 Å². The summed E-state index contributed by atoms with van der Waals surface area (Å²) in [6, 6.07) is 12.2. The Kier molecular flexibility index (Phi) is 9.10. The van der Waals surface area contributed by atoms with E-state index in [0.29, 0.717) is 25.8 Å². The summed E-state index contributed by atoms with van der Waals surface area (Å²) >= 11 is 4.52. The molecule has 1 fully saturated rings. The van der Waals surface area contributed by atoms with Crippen molar-refractivity contribution in [2.75, 3.05) is 13.6 Å². The minimum absolute atomic E-state index is 0.0388. The van der Waals surface area contributed by atoms with Gasteiger partial charge in [-0.3, -0.25) is 19.4 Å². The van der Waals surface area contributed by atoms with Gasteiger partial charge in [0.2, 0.25) is 17.7 Å². The van der Waals surface area contributed by atoms with Crippen molar-refractivity contribution in [2.24, 2.45) is 11.8 Å². The van der Waals surface area contributed by atoms with Crippen LogP contribution in [0.1, 0.15) is 31.4 Å². The number of nitrogens with zero attached hydrogens (tertiary/aromatic N) is 2. The second kappa shape index (κ2) is 12.0. The Morgan fingerprint density at radius 2 is 1.82 bits per heavy atom. The van der Waals surface area contributed by atoms with Crippen LogP contribution >= 0.6 is 12.6 Å². The van der Waals surface area contributed by atoms with Gasteiger partial charge in [0, 0.05) is 32.4 Å². The third-order valence-corrected chi connectivity index (χ3v) is 7.16. The summed E-state index contributed by atoms with van der Waals surface area (Å²) in [6.07, 6.45) is 5.04. The van der Waals surface area contributed by atoms with Crippen molar-refractivity contribution in [3.05, 3.63) is 66.0 Å². The van der Waals surface area contributed by atoms with Crippen LogP contribution in [-0.2, 0) is 27.2 Å². The Balaban J connectivity index is 1.85. The van der Waals surface area contributed by atoms with E-state index >= 15 is 0 Å². The molecule has 0 spiro atoms. The summed E-state index contributed by atoms with van der Waals surface area (Å²) < 4.78 is 0. The number of hydrogen-bond acceptors (Lipinski definition) is 5. The minimum atomic E-state index is -0.770. The van der Waals surface area contributed by atoms with Crippen LogP contribution in [0.5, 0.6) is 0 Å². The van der Waals surface area contributed by atoms with Gasteiger partial charge < -0.3 is 15.5 Å². The largest absolute Gasteiger partial charge is 0.357 e. The summed E-state index contributed by atoms with van der Waals surface area (Å²) in [5.74, 6) is -0.756. The van der Waals surface area contributed by atoms with Gasteiger partial charge in [-0.1, -0.05) is 50.2 Å². The van der Waals surface area contributed by atoms with E-state index in [1.54, 1.807) is 30.4 Å². The normalized spacial score (nSPS) is 19.5. The lowest BCUT2D eigenvalue weighted by Gasteiger charge is -2.31. The highest BCUT2D eigenvalue weighted by molar-refractivity contribution is 7.81. The number of likely N-dealkylation sites (tertiary alicyclic amines) is 1. The average molecular weight is 483 g/mol. The number of aromatic nitrogens is 1. The Bertz CT molecular complexity index is 971. The van der Waals surface area contributed by atoms with E-state index in [1.807, 2.05) is 50.2 Å². The molecule has 1 aromatic carbocycles. The van der Waals surface area contributed by atoms with E-state index in [9.17, 15) is 14.4 Å². The maximum Gasteiger partial charge on any atom is 0.243 e. The summed E-state index contributed by atoms with van der Waals surface area (Å²) in [6.45, 7) is 4.38. The Hall–Kier alpha value is -2.87. The standard InChI is InChI=1S/C26H34N4O3S/c1-17(2)23(34)26(33)30-13-11-20(14-18-8-5-4-6-9-18)22(30)25(32)29-21(24(31)27-3)15-19-10-7-12-28-16-19/h4-10,12,16-17,20-23,34H,11,13-15H2,1-3H3,(H,27,31)(H,29,32)/t20-,21+,22+,23-/m1/s1. The summed E-state index contributed by atoms with van der Waals surface area (Å²) in [5.41, 5.74) is 1.95. The predicted molar refractivity (Wildman–Crippen MR) is 135 cm³/mol. The second-order valence-corrected chi connectivity index (χ2v) is 9.70. The van der Waals surface area contributed by atoms with Gasteiger partial charge >= 0.3 is 0 Å². The highest BCUT2D eigenvalue weighted by Crippen LogP contribution is 2.30. The first-order valence-corrected chi connectivity index (χ1v) is 12.3. The van der Waals surface area contributed by atoms with Gasteiger partial charge in [0.05, 0.1) is 5.25 Å². The average Bonchev–Trinajstić information content (AvgIpc) is 3.26. The number of thiol groups is 1. The molecule has 0 saturated carbocycles. The fraction of sp³-hybridized carbons (Fsp3) is 0.462. The number of pyridine rings is 1. The van der Waals surface area contributed by atoms with Gasteiger partial charge in [-0.05, 0) is 41.9 Å². The van der Waals surface area contributed by atoms with Crippen molar-refractivity contribution >= 4 is 30.4 Å². The third kappa shape index (κ3) is 6.38. The quantitative estimate of drug-likeness (QED) is 0.478. The number of benzene rings is 1. The molecule has 3 amide bonds. The number of carbonyl (C=O) groups excluding carboxylic acids is 3. The van der Waals surface area contributed by atoms with Gasteiger partial charge in [0.15, 0.2) is 0 Å². The summed E-state index contributed by atoms with van der Waals surface area (Å²) in [4.78, 5) is 45.3. The fourth-order valence-corrected chi connectivity index (χ4v) is 4.59. The van der Waals surface area contributed by atoms with E-state index in [0.717, 1.165) is 11.1 Å². The maximum absolute atomic E-state index is 13.6. The highest BCUT2D eigenvalue weighted by Gasteiger charge is 2.44. The molecular formula is C26H34N4O3S. The second-order valence-electron chi connectivity index (χ2n) is 9.14. The number of carbonyl (C=O) groups is 3. The summed E-state index contributed by atoms with van der Waals surface area (Å²) in [5, 5.41) is 5.07. The van der Waals surface area contributed by atoms with Crippen molar-refractivity contribution in [3.63, 3.8) is 0 Å². The van der Waals surface area contributed by atoms with Crippen molar-refractivity contribution in [2.45, 2.75) is 50.4 Å². The van der Waals surface area contributed by atoms with Crippen LogP contribution in [0.4, 0.5) is 0 Å². The van der Waals surface area contributed by atoms with Gasteiger partial charge in [0.1, 0.15) is 12.1 Å². The molecule has 0 unspecified atom stereocenters. The SMILES string of the molecule is CNC(=O)[C@H](Cc1cccnc1)NC(=O)[C@@H]1[C@@H](Cc2ccccc2)CCN1C(=O)[C@H](S)C(C)C. The molecule has 0 radical (unpaired) electrons. The molecule has 1 aromatic heterocycles. The Morgan fingerprint density at radius 1 is 1.12 bits per heavy atom. The molecule has 2 N–H and O–H groups in total. The smallest absolute Gasteiger partial charge is 0.243 e. The van der Waals surface area contributed by atoms with Crippen LogP contribution in [-0.4, -0.2) is 58.5 Å². The van der Waals surface area contributed by atoms with E-state index in [-0.39, 0.29) is 29.6 Å². The number of hydrogen-bond donors (Lipinski definition) is 3. The van der Waals surface area contributed by atoms with Gasteiger partial charge in [0.25, 0.3) is 0 Å². The lowest BCUT2D eigenvalue weighted by molar-refractivity contribution is -0.140. The topological polar surface area (TPSA) is 91.4 Å². The van der Waals surface area contributed by atoms with Crippen LogP contribution < -0.4 is 10.6 Å². The van der Waals surface area contributed by atoms with E-state index in [1.165, 1.54) is 0 Å². The zero-order valence-corrected chi connectivity index (χ0v) is 20.9. The van der Waals surface area contributed by atoms with Crippen LogP contribution in [0.3, 0.4) is 0 Å². The highest BCUT2D eigenvalue weighted by atomic mass is 32.1. The zero-order chi connectivity index (χ0) is 24.7. The molecule has 1 saturated heterocycles. The van der Waals surface area contributed by atoms with Crippen molar-refractivity contribution < 1.29 is 14.4 Å². The number of nitrogens with one attached hydrogen (secondary N) is 2. The lowest BCUT2D eigenvalue weighted by atomic mass is 9.91. The Labute approximate surface area is 207 Å². The van der Waals surface area contributed by atoms with Crippen LogP contribution in [0.25, 0.3) is 0 Å². The van der Waals surface area contributed by atoms with Gasteiger partial charge in [-0.2, -0.15) is 12.6 Å². The van der Waals surface area contributed by atoms with Crippen LogP contribution in [0, 0.1) is 11.8 Å². The van der Waals surface area contributed by atoms with Gasteiger partial charge in [-0.25, -0.2) is 0 Å². The van der Waals surface area contributed by atoms with E-state index < -0.39 is 17.3 Å². The number of likely N-dealkylation sites (N-methyl/N-ethyl adjacent to an activating group) is 1. The molecule has 7 nitrogen and oxygen atoms in total. The molecule has 2 aromatic rings. The zero-order valence-electron chi connectivity index (χ0n) is 20.0. The monoisotopic (exact) mass is 482 g/mol. The molecule has 34 heavy (non-hydrogen) atoms. The first kappa shape index (κ1) is 25.7. The molecule has 4 atom stereocenters. The van der Waals surface area contributed by atoms with E-state index in [2.05, 4.69) is 28.2 Å². The molecule has 1 aliphatic rings. The Morgan fingerprint density at radius 3 is 2.44 bits per heavy atom. The minimum Gasteiger partial charge on any atom is -0.357 e. The van der Waals surface area contributed by atoms with Crippen molar-refractivity contribution in [1.29, 1.82) is 0 Å². The molecule has 0 bridgehead atoms. The third-order valence-electron chi connectivity index (χ3n) is 6.34. The number of rotatable bonds is 9. The molecule has 8 heteroatoms. The molecule has 3 rings (SSSR count). The molecule has 1 aliphatic heterocycles.